The molecular weight excluding hydrogens is 208 g/mol. The summed E-state index contributed by atoms with van der Waals surface area (Å²) in [4.78, 5) is 15.0. The molecule has 5 nitrogen and oxygen atoms in total. The van der Waals surface area contributed by atoms with E-state index in [9.17, 15) is 4.79 Å². The molecule has 0 amide bonds. The second-order valence-corrected chi connectivity index (χ2v) is 3.49. The fourth-order valence-electron chi connectivity index (χ4n) is 1.38. The van der Waals surface area contributed by atoms with Crippen LogP contribution in [-0.2, 0) is 9.53 Å². The molecular formula is C11H16N2O3. The number of aromatic nitrogens is 1. The molecule has 2 unspecified atom stereocenters. The molecule has 0 aliphatic rings. The normalized spacial score (nSPS) is 14.4. The standard InChI is InChI=1S/C11H16N2O3/c1-8(9-5-3-4-6-12-9)13-10(7-16-2)11(14)15/h3-6,8,10,13H,7H2,1-2H3,(H,14,15). The number of hydrogen-bond donors (Lipinski definition) is 2. The van der Waals surface area contributed by atoms with Crippen LogP contribution in [-0.4, -0.2) is 35.8 Å². The minimum absolute atomic E-state index is 0.127. The number of aliphatic carboxylic acids is 1. The summed E-state index contributed by atoms with van der Waals surface area (Å²) in [6, 6.07) is 4.69. The summed E-state index contributed by atoms with van der Waals surface area (Å²) in [5, 5.41) is 11.9. The highest BCUT2D eigenvalue weighted by Crippen LogP contribution is 2.09. The molecule has 0 spiro atoms. The molecule has 0 fully saturated rings. The van der Waals surface area contributed by atoms with E-state index in [1.54, 1.807) is 6.20 Å². The summed E-state index contributed by atoms with van der Waals surface area (Å²) in [5.41, 5.74) is 0.810. The van der Waals surface area contributed by atoms with Crippen molar-refractivity contribution in [3.63, 3.8) is 0 Å². The smallest absolute Gasteiger partial charge is 0.323 e. The Morgan fingerprint density at radius 3 is 2.88 bits per heavy atom. The lowest BCUT2D eigenvalue weighted by Gasteiger charge is -2.18. The molecule has 0 saturated heterocycles. The highest BCUT2D eigenvalue weighted by atomic mass is 16.5. The fraction of sp³-hybridized carbons (Fsp3) is 0.455. The van der Waals surface area contributed by atoms with Crippen LogP contribution in [0.5, 0.6) is 0 Å². The van der Waals surface area contributed by atoms with Crippen LogP contribution in [0.4, 0.5) is 0 Å². The molecule has 0 aliphatic heterocycles. The topological polar surface area (TPSA) is 71.5 Å². The molecule has 0 saturated carbocycles. The maximum atomic E-state index is 10.9. The molecule has 0 bridgehead atoms. The number of hydrogen-bond acceptors (Lipinski definition) is 4. The molecule has 1 rings (SSSR count). The summed E-state index contributed by atoms with van der Waals surface area (Å²) in [7, 11) is 1.48. The SMILES string of the molecule is COCC(NC(C)c1ccccn1)C(=O)O. The van der Waals surface area contributed by atoms with Crippen molar-refractivity contribution in [1.82, 2.24) is 10.3 Å². The molecule has 16 heavy (non-hydrogen) atoms. The monoisotopic (exact) mass is 224 g/mol. The van der Waals surface area contributed by atoms with Crippen molar-refractivity contribution in [1.29, 1.82) is 0 Å². The fourth-order valence-corrected chi connectivity index (χ4v) is 1.38. The van der Waals surface area contributed by atoms with E-state index in [2.05, 4.69) is 10.3 Å². The summed E-state index contributed by atoms with van der Waals surface area (Å²) >= 11 is 0. The van der Waals surface area contributed by atoms with Crippen LogP contribution in [0.25, 0.3) is 0 Å². The number of rotatable bonds is 6. The number of nitrogens with zero attached hydrogens (tertiary/aromatic N) is 1. The van der Waals surface area contributed by atoms with Crippen LogP contribution >= 0.6 is 0 Å². The number of carbonyl (C=O) groups is 1. The van der Waals surface area contributed by atoms with Crippen LogP contribution in [0.1, 0.15) is 18.7 Å². The maximum Gasteiger partial charge on any atom is 0.323 e. The van der Waals surface area contributed by atoms with Gasteiger partial charge in [0.2, 0.25) is 0 Å². The average molecular weight is 224 g/mol. The van der Waals surface area contributed by atoms with Crippen molar-refractivity contribution in [2.24, 2.45) is 0 Å². The third-order valence-corrected chi connectivity index (χ3v) is 2.21. The van der Waals surface area contributed by atoms with E-state index in [0.717, 1.165) is 5.69 Å². The lowest BCUT2D eigenvalue weighted by molar-refractivity contribution is -0.141. The van der Waals surface area contributed by atoms with E-state index in [4.69, 9.17) is 9.84 Å². The summed E-state index contributed by atoms with van der Waals surface area (Å²) in [6.07, 6.45) is 1.68. The summed E-state index contributed by atoms with van der Waals surface area (Å²) in [6.45, 7) is 2.00. The minimum atomic E-state index is -0.926. The second-order valence-electron chi connectivity index (χ2n) is 3.49. The highest BCUT2D eigenvalue weighted by Gasteiger charge is 2.20. The van der Waals surface area contributed by atoms with Crippen LogP contribution in [0.15, 0.2) is 24.4 Å². The predicted octanol–water partition coefficient (Wildman–Crippen LogP) is 0.832. The molecule has 88 valence electrons. The van der Waals surface area contributed by atoms with Gasteiger partial charge in [0.1, 0.15) is 6.04 Å². The van der Waals surface area contributed by atoms with Crippen molar-refractivity contribution >= 4 is 5.97 Å². The largest absolute Gasteiger partial charge is 0.480 e. The summed E-state index contributed by atoms with van der Waals surface area (Å²) < 4.78 is 4.84. The van der Waals surface area contributed by atoms with Gasteiger partial charge in [-0.25, -0.2) is 0 Å². The molecule has 1 aromatic heterocycles. The Labute approximate surface area is 94.5 Å². The number of nitrogens with one attached hydrogen (secondary N) is 1. The van der Waals surface area contributed by atoms with Crippen molar-refractivity contribution in [2.75, 3.05) is 13.7 Å². The Balaban J connectivity index is 2.61. The molecule has 0 radical (unpaired) electrons. The van der Waals surface area contributed by atoms with Crippen LogP contribution in [0, 0.1) is 0 Å². The number of carboxylic acid groups (broad SMARTS) is 1. The third-order valence-electron chi connectivity index (χ3n) is 2.21. The Morgan fingerprint density at radius 2 is 2.38 bits per heavy atom. The Morgan fingerprint density at radius 1 is 1.62 bits per heavy atom. The Kier molecular flexibility index (Phi) is 4.88. The van der Waals surface area contributed by atoms with E-state index in [-0.39, 0.29) is 12.6 Å². The average Bonchev–Trinajstić information content (AvgIpc) is 2.29. The first-order valence-electron chi connectivity index (χ1n) is 5.04. The van der Waals surface area contributed by atoms with E-state index < -0.39 is 12.0 Å². The van der Waals surface area contributed by atoms with Crippen LogP contribution in [0.2, 0.25) is 0 Å². The zero-order valence-corrected chi connectivity index (χ0v) is 9.38. The van der Waals surface area contributed by atoms with Crippen LogP contribution in [0.3, 0.4) is 0 Å². The first kappa shape index (κ1) is 12.6. The zero-order chi connectivity index (χ0) is 12.0. The van der Waals surface area contributed by atoms with Crippen molar-refractivity contribution in [2.45, 2.75) is 19.0 Å². The van der Waals surface area contributed by atoms with Crippen molar-refractivity contribution < 1.29 is 14.6 Å². The lowest BCUT2D eigenvalue weighted by atomic mass is 10.2. The number of methoxy groups -OCH3 is 1. The van der Waals surface area contributed by atoms with E-state index in [1.165, 1.54) is 7.11 Å². The minimum Gasteiger partial charge on any atom is -0.480 e. The van der Waals surface area contributed by atoms with E-state index >= 15 is 0 Å². The van der Waals surface area contributed by atoms with Crippen LogP contribution < -0.4 is 5.32 Å². The quantitative estimate of drug-likeness (QED) is 0.749. The zero-order valence-electron chi connectivity index (χ0n) is 9.38. The van der Waals surface area contributed by atoms with Gasteiger partial charge in [0.15, 0.2) is 0 Å². The molecule has 1 aromatic rings. The van der Waals surface area contributed by atoms with Gasteiger partial charge in [0.05, 0.1) is 12.3 Å². The van der Waals surface area contributed by atoms with E-state index in [0.29, 0.717) is 0 Å². The van der Waals surface area contributed by atoms with Gasteiger partial charge in [0.25, 0.3) is 0 Å². The first-order valence-corrected chi connectivity index (χ1v) is 5.04. The first-order chi connectivity index (χ1) is 7.65. The van der Waals surface area contributed by atoms with Gasteiger partial charge in [-0.05, 0) is 19.1 Å². The number of ether oxygens (including phenoxy) is 1. The van der Waals surface area contributed by atoms with Crippen molar-refractivity contribution in [3.8, 4) is 0 Å². The Bertz CT molecular complexity index is 329. The number of pyridine rings is 1. The molecule has 0 aromatic carbocycles. The van der Waals surface area contributed by atoms with Crippen molar-refractivity contribution in [3.05, 3.63) is 30.1 Å². The van der Waals surface area contributed by atoms with Gasteiger partial charge >= 0.3 is 5.97 Å². The highest BCUT2D eigenvalue weighted by molar-refractivity contribution is 5.73. The Hall–Kier alpha value is -1.46. The van der Waals surface area contributed by atoms with Gasteiger partial charge in [-0.1, -0.05) is 6.07 Å². The third kappa shape index (κ3) is 3.60. The molecule has 1 heterocycles. The molecule has 5 heteroatoms. The lowest BCUT2D eigenvalue weighted by Crippen LogP contribution is -2.41. The van der Waals surface area contributed by atoms with Gasteiger partial charge in [-0.15, -0.1) is 0 Å². The van der Waals surface area contributed by atoms with Gasteiger partial charge in [0, 0.05) is 19.3 Å². The molecule has 2 N–H and O–H groups in total. The second kappa shape index (κ2) is 6.19. The molecule has 0 aliphatic carbocycles. The maximum absolute atomic E-state index is 10.9. The molecule has 2 atom stereocenters. The summed E-state index contributed by atoms with van der Waals surface area (Å²) in [5.74, 6) is -0.926. The van der Waals surface area contributed by atoms with Gasteiger partial charge in [-0.2, -0.15) is 0 Å². The van der Waals surface area contributed by atoms with E-state index in [1.807, 2.05) is 25.1 Å². The van der Waals surface area contributed by atoms with Gasteiger partial charge < -0.3 is 9.84 Å². The van der Waals surface area contributed by atoms with Gasteiger partial charge in [-0.3, -0.25) is 15.1 Å². The number of carboxylic acids is 1. The predicted molar refractivity (Wildman–Crippen MR) is 59.1 cm³/mol.